The van der Waals surface area contributed by atoms with E-state index >= 15 is 0 Å². The molecule has 2 fully saturated rings. The topological polar surface area (TPSA) is 120 Å². The van der Waals surface area contributed by atoms with Crippen LogP contribution in [0, 0.1) is 22.0 Å². The maximum absolute atomic E-state index is 13.0. The average Bonchev–Trinajstić information content (AvgIpc) is 3.26. The van der Waals surface area contributed by atoms with Gasteiger partial charge >= 0.3 is 12.1 Å². The van der Waals surface area contributed by atoms with E-state index in [4.69, 9.17) is 9.47 Å². The number of amides is 1. The van der Waals surface area contributed by atoms with Crippen LogP contribution in [0.15, 0.2) is 54.6 Å². The predicted molar refractivity (Wildman–Crippen MR) is 124 cm³/mol. The van der Waals surface area contributed by atoms with Crippen LogP contribution >= 0.6 is 0 Å². The molecule has 2 aromatic carbocycles. The van der Waals surface area contributed by atoms with Crippen molar-refractivity contribution in [3.63, 3.8) is 0 Å². The summed E-state index contributed by atoms with van der Waals surface area (Å²) in [6.07, 6.45) is 4.35. The summed E-state index contributed by atoms with van der Waals surface area (Å²) in [7, 11) is 0. The molecule has 9 heteroatoms. The minimum Gasteiger partial charge on any atom is -0.445 e. The van der Waals surface area contributed by atoms with Crippen LogP contribution < -0.4 is 15.4 Å². The van der Waals surface area contributed by atoms with Crippen molar-refractivity contribution >= 4 is 17.7 Å². The standard InChI is InChI=1S/C25H29N3O6/c29-24(34-20-12-10-19(11-13-20)28(31)32)23(14-18-15-26-22-9-5-4-8-21(18)22)27-25(30)33-16-17-6-2-1-3-7-17/h1-3,6-7,10-13,18,21-23,26H,4-5,8-9,14-16H2,(H,27,30). The fraction of sp³-hybridized carbons (Fsp3) is 0.440. The van der Waals surface area contributed by atoms with Gasteiger partial charge in [-0.2, -0.15) is 0 Å². The number of benzene rings is 2. The lowest BCUT2D eigenvalue weighted by molar-refractivity contribution is -0.384. The summed E-state index contributed by atoms with van der Waals surface area (Å²) in [5, 5.41) is 17.1. The number of carbonyl (C=O) groups excluding carboxylic acids is 2. The monoisotopic (exact) mass is 467 g/mol. The summed E-state index contributed by atoms with van der Waals surface area (Å²) in [5.74, 6) is 0.254. The van der Waals surface area contributed by atoms with Crippen LogP contribution in [0.1, 0.15) is 37.7 Å². The molecule has 9 nitrogen and oxygen atoms in total. The Bertz CT molecular complexity index is 997. The molecule has 0 radical (unpaired) electrons. The van der Waals surface area contributed by atoms with Gasteiger partial charge in [-0.3, -0.25) is 10.1 Å². The maximum Gasteiger partial charge on any atom is 0.408 e. The third kappa shape index (κ3) is 6.11. The van der Waals surface area contributed by atoms with E-state index in [1.54, 1.807) is 0 Å². The highest BCUT2D eigenvalue weighted by molar-refractivity contribution is 5.83. The Balaban J connectivity index is 1.42. The number of nitrogens with zero attached hydrogens (tertiary/aromatic N) is 1. The van der Waals surface area contributed by atoms with Gasteiger partial charge in [-0.05, 0) is 55.3 Å². The molecule has 4 rings (SSSR count). The van der Waals surface area contributed by atoms with Crippen LogP contribution in [0.3, 0.4) is 0 Å². The number of alkyl carbamates (subject to hydrolysis) is 1. The first kappa shape index (κ1) is 23.7. The molecule has 1 saturated heterocycles. The molecular formula is C25H29N3O6. The second kappa shape index (κ2) is 11.1. The SMILES string of the molecule is O=C(NC(CC1CNC2CCCCC12)C(=O)Oc1ccc([N+](=O)[O-])cc1)OCc1ccccc1. The van der Waals surface area contributed by atoms with Crippen molar-refractivity contribution < 1.29 is 24.0 Å². The van der Waals surface area contributed by atoms with Crippen molar-refractivity contribution in [3.8, 4) is 5.75 Å². The van der Waals surface area contributed by atoms with Gasteiger partial charge in [0.1, 0.15) is 18.4 Å². The van der Waals surface area contributed by atoms with Crippen LogP contribution in [-0.2, 0) is 16.1 Å². The third-order valence-corrected chi connectivity index (χ3v) is 6.66. The van der Waals surface area contributed by atoms with Gasteiger partial charge in [0.05, 0.1) is 4.92 Å². The molecule has 180 valence electrons. The quantitative estimate of drug-likeness (QED) is 0.261. The second-order valence-electron chi connectivity index (χ2n) is 8.89. The molecule has 1 aliphatic carbocycles. The lowest BCUT2D eigenvalue weighted by Crippen LogP contribution is -2.45. The zero-order chi connectivity index (χ0) is 23.9. The summed E-state index contributed by atoms with van der Waals surface area (Å²) in [6, 6.07) is 14.1. The number of nitro groups is 1. The number of hydrogen-bond acceptors (Lipinski definition) is 7. The zero-order valence-electron chi connectivity index (χ0n) is 18.9. The van der Waals surface area contributed by atoms with Gasteiger partial charge in [0, 0.05) is 18.2 Å². The predicted octanol–water partition coefficient (Wildman–Crippen LogP) is 3.96. The van der Waals surface area contributed by atoms with Crippen LogP contribution in [0.5, 0.6) is 5.75 Å². The van der Waals surface area contributed by atoms with E-state index in [9.17, 15) is 19.7 Å². The van der Waals surface area contributed by atoms with Crippen molar-refractivity contribution in [1.29, 1.82) is 0 Å². The first-order valence-corrected chi connectivity index (χ1v) is 11.7. The largest absolute Gasteiger partial charge is 0.445 e. The van der Waals surface area contributed by atoms with E-state index in [1.165, 1.54) is 37.1 Å². The van der Waals surface area contributed by atoms with Crippen molar-refractivity contribution in [3.05, 3.63) is 70.3 Å². The summed E-state index contributed by atoms with van der Waals surface area (Å²) in [5.41, 5.74) is 0.743. The van der Waals surface area contributed by atoms with E-state index < -0.39 is 23.0 Å². The molecule has 4 atom stereocenters. The fourth-order valence-corrected chi connectivity index (χ4v) is 4.94. The number of nitro benzene ring substituents is 1. The molecular weight excluding hydrogens is 438 g/mol. The van der Waals surface area contributed by atoms with Crippen LogP contribution in [-0.4, -0.2) is 35.6 Å². The molecule has 1 amide bonds. The molecule has 4 unspecified atom stereocenters. The highest BCUT2D eigenvalue weighted by atomic mass is 16.6. The van der Waals surface area contributed by atoms with Crippen molar-refractivity contribution in [1.82, 2.24) is 10.6 Å². The van der Waals surface area contributed by atoms with Crippen molar-refractivity contribution in [2.45, 2.75) is 50.8 Å². The summed E-state index contributed by atoms with van der Waals surface area (Å²) < 4.78 is 10.8. The molecule has 2 aliphatic rings. The number of ether oxygens (including phenoxy) is 2. The molecule has 1 saturated carbocycles. The number of rotatable bonds is 8. The summed E-state index contributed by atoms with van der Waals surface area (Å²) in [4.78, 5) is 35.9. The number of esters is 1. The van der Waals surface area contributed by atoms with E-state index in [0.29, 0.717) is 18.4 Å². The molecule has 0 aromatic heterocycles. The van der Waals surface area contributed by atoms with Crippen LogP contribution in [0.2, 0.25) is 0 Å². The highest BCUT2D eigenvalue weighted by Crippen LogP contribution is 2.37. The van der Waals surface area contributed by atoms with Gasteiger partial charge in [0.2, 0.25) is 0 Å². The summed E-state index contributed by atoms with van der Waals surface area (Å²) >= 11 is 0. The smallest absolute Gasteiger partial charge is 0.408 e. The molecule has 34 heavy (non-hydrogen) atoms. The molecule has 1 heterocycles. The Labute approximate surface area is 198 Å². The molecule has 2 aromatic rings. The molecule has 1 aliphatic heterocycles. The minimum absolute atomic E-state index is 0.0898. The van der Waals surface area contributed by atoms with Crippen LogP contribution in [0.4, 0.5) is 10.5 Å². The lowest BCUT2D eigenvalue weighted by Gasteiger charge is -2.30. The average molecular weight is 468 g/mol. The zero-order valence-corrected chi connectivity index (χ0v) is 18.9. The van der Waals surface area contributed by atoms with Gasteiger partial charge in [-0.1, -0.05) is 43.2 Å². The van der Waals surface area contributed by atoms with E-state index in [-0.39, 0.29) is 24.0 Å². The second-order valence-corrected chi connectivity index (χ2v) is 8.89. The minimum atomic E-state index is -0.897. The first-order valence-electron chi connectivity index (χ1n) is 11.7. The third-order valence-electron chi connectivity index (χ3n) is 6.66. The Kier molecular flexibility index (Phi) is 7.74. The number of nitrogens with one attached hydrogen (secondary N) is 2. The van der Waals surface area contributed by atoms with E-state index in [2.05, 4.69) is 10.6 Å². The number of non-ortho nitro benzene ring substituents is 1. The van der Waals surface area contributed by atoms with Crippen LogP contribution in [0.25, 0.3) is 0 Å². The maximum atomic E-state index is 13.0. The Hall–Kier alpha value is -3.46. The molecule has 2 N–H and O–H groups in total. The Morgan fingerprint density at radius 2 is 1.82 bits per heavy atom. The fourth-order valence-electron chi connectivity index (χ4n) is 4.94. The van der Waals surface area contributed by atoms with Crippen molar-refractivity contribution in [2.24, 2.45) is 11.8 Å². The van der Waals surface area contributed by atoms with Gasteiger partial charge in [0.15, 0.2) is 0 Å². The highest BCUT2D eigenvalue weighted by Gasteiger charge is 2.40. The first-order chi connectivity index (χ1) is 16.5. The number of hydrogen-bond donors (Lipinski definition) is 2. The lowest BCUT2D eigenvalue weighted by atomic mass is 9.77. The van der Waals surface area contributed by atoms with Gasteiger partial charge < -0.3 is 20.1 Å². The Morgan fingerprint density at radius 1 is 1.09 bits per heavy atom. The Morgan fingerprint density at radius 3 is 2.56 bits per heavy atom. The normalized spacial score (nSPS) is 22.3. The molecule has 0 spiro atoms. The summed E-state index contributed by atoms with van der Waals surface area (Å²) in [6.45, 7) is 0.879. The van der Waals surface area contributed by atoms with E-state index in [1.807, 2.05) is 30.3 Å². The van der Waals surface area contributed by atoms with Gasteiger partial charge in [-0.25, -0.2) is 9.59 Å². The van der Waals surface area contributed by atoms with Crippen molar-refractivity contribution in [2.75, 3.05) is 6.54 Å². The molecule has 0 bridgehead atoms. The van der Waals surface area contributed by atoms with Gasteiger partial charge in [-0.15, -0.1) is 0 Å². The number of fused-ring (bicyclic) bond motifs is 1. The van der Waals surface area contributed by atoms with Gasteiger partial charge in [0.25, 0.3) is 5.69 Å². The van der Waals surface area contributed by atoms with E-state index in [0.717, 1.165) is 24.9 Å². The number of carbonyl (C=O) groups is 2.